The molecule has 1 atom stereocenters. The molecule has 0 aliphatic carbocycles. The summed E-state index contributed by atoms with van der Waals surface area (Å²) in [7, 11) is 0. The van der Waals surface area contributed by atoms with E-state index in [1.54, 1.807) is 17.0 Å². The van der Waals surface area contributed by atoms with Gasteiger partial charge in [0.05, 0.1) is 0 Å². The third-order valence-electron chi connectivity index (χ3n) is 7.96. The molecule has 204 valence electrons. The van der Waals surface area contributed by atoms with Crippen molar-refractivity contribution in [3.63, 3.8) is 0 Å². The molecule has 0 unspecified atom stereocenters. The lowest BCUT2D eigenvalue weighted by Gasteiger charge is -2.27. The smallest absolute Gasteiger partial charge is 0.255 e. The van der Waals surface area contributed by atoms with Crippen LogP contribution in [-0.4, -0.2) is 46.7 Å². The highest BCUT2D eigenvalue weighted by Crippen LogP contribution is 2.28. The van der Waals surface area contributed by atoms with Gasteiger partial charge in [-0.3, -0.25) is 14.4 Å². The summed E-state index contributed by atoms with van der Waals surface area (Å²) in [6.45, 7) is 2.51. The number of para-hydroxylation sites is 1. The molecule has 6 rings (SSSR count). The SMILES string of the molecule is O=C(Nc1ccc2c(c1)CN(C(=O)[C@@H](Cc1c[nH]c3ccccc13)NC(=O)C1CCNCC1)C2)c1ccccc1. The first-order chi connectivity index (χ1) is 19.5. The van der Waals surface area contributed by atoms with E-state index in [-0.39, 0.29) is 23.6 Å². The number of amides is 3. The van der Waals surface area contributed by atoms with Gasteiger partial charge in [0.25, 0.3) is 5.91 Å². The summed E-state index contributed by atoms with van der Waals surface area (Å²) in [4.78, 5) is 44.9. The van der Waals surface area contributed by atoms with Gasteiger partial charge >= 0.3 is 0 Å². The second kappa shape index (κ2) is 11.4. The Hall–Kier alpha value is -4.43. The summed E-state index contributed by atoms with van der Waals surface area (Å²) in [6, 6.07) is 22.2. The van der Waals surface area contributed by atoms with Crippen molar-refractivity contribution < 1.29 is 14.4 Å². The van der Waals surface area contributed by atoms with E-state index in [2.05, 4.69) is 20.9 Å². The van der Waals surface area contributed by atoms with Crippen LogP contribution >= 0.6 is 0 Å². The van der Waals surface area contributed by atoms with E-state index in [1.165, 1.54) is 0 Å². The summed E-state index contributed by atoms with van der Waals surface area (Å²) < 4.78 is 0. The summed E-state index contributed by atoms with van der Waals surface area (Å²) in [5.41, 5.74) is 5.33. The van der Waals surface area contributed by atoms with Crippen molar-refractivity contribution in [3.8, 4) is 0 Å². The molecule has 2 aliphatic heterocycles. The number of carbonyl (C=O) groups is 3. The minimum Gasteiger partial charge on any atom is -0.361 e. The quantitative estimate of drug-likeness (QED) is 0.287. The molecule has 0 radical (unpaired) electrons. The highest BCUT2D eigenvalue weighted by Gasteiger charge is 2.33. The van der Waals surface area contributed by atoms with E-state index < -0.39 is 6.04 Å². The number of anilines is 1. The molecule has 3 amide bonds. The standard InChI is InChI=1S/C32H33N5O3/c38-30(21-6-2-1-3-7-21)35-26-11-10-23-19-37(20-25(23)16-26)32(40)29(36-31(39)22-12-14-33-15-13-22)17-24-18-34-28-9-5-4-8-27(24)28/h1-11,16,18,22,29,33-34H,12-15,17,19-20H2,(H,35,38)(H,36,39)/t29-/m1/s1. The van der Waals surface area contributed by atoms with Gasteiger partial charge in [-0.1, -0.05) is 42.5 Å². The number of H-pyrrole nitrogens is 1. The van der Waals surface area contributed by atoms with E-state index in [0.717, 1.165) is 53.5 Å². The van der Waals surface area contributed by atoms with Gasteiger partial charge in [-0.25, -0.2) is 0 Å². The average molecular weight is 536 g/mol. The molecule has 0 bridgehead atoms. The van der Waals surface area contributed by atoms with Crippen LogP contribution in [0, 0.1) is 5.92 Å². The number of nitrogens with zero attached hydrogens (tertiary/aromatic N) is 1. The summed E-state index contributed by atoms with van der Waals surface area (Å²) in [5.74, 6) is -0.419. The first kappa shape index (κ1) is 25.8. The van der Waals surface area contributed by atoms with Crippen molar-refractivity contribution >= 4 is 34.3 Å². The highest BCUT2D eigenvalue weighted by atomic mass is 16.2. The molecule has 1 fully saturated rings. The minimum absolute atomic E-state index is 0.0534. The predicted octanol–water partition coefficient (Wildman–Crippen LogP) is 3.99. The number of aromatic amines is 1. The Morgan fingerprint density at radius 1 is 0.900 bits per heavy atom. The number of piperidine rings is 1. The van der Waals surface area contributed by atoms with Crippen LogP contribution in [0.2, 0.25) is 0 Å². The fourth-order valence-electron chi connectivity index (χ4n) is 5.74. The zero-order chi connectivity index (χ0) is 27.5. The van der Waals surface area contributed by atoms with Gasteiger partial charge < -0.3 is 25.8 Å². The zero-order valence-corrected chi connectivity index (χ0v) is 22.3. The van der Waals surface area contributed by atoms with Gasteiger partial charge in [-0.15, -0.1) is 0 Å². The number of hydrogen-bond acceptors (Lipinski definition) is 4. The van der Waals surface area contributed by atoms with Crippen LogP contribution in [0.25, 0.3) is 10.9 Å². The van der Waals surface area contributed by atoms with Crippen LogP contribution in [0.15, 0.2) is 79.0 Å². The van der Waals surface area contributed by atoms with Crippen LogP contribution in [0.3, 0.4) is 0 Å². The number of rotatable bonds is 7. The lowest BCUT2D eigenvalue weighted by Crippen LogP contribution is -2.50. The third kappa shape index (κ3) is 5.49. The lowest BCUT2D eigenvalue weighted by atomic mass is 9.96. The fraction of sp³-hybridized carbons (Fsp3) is 0.281. The first-order valence-electron chi connectivity index (χ1n) is 13.9. The Kier molecular flexibility index (Phi) is 7.33. The second-order valence-corrected chi connectivity index (χ2v) is 10.6. The van der Waals surface area contributed by atoms with Gasteiger partial charge in [-0.2, -0.15) is 0 Å². The molecule has 0 saturated carbocycles. The Labute approximate surface area is 233 Å². The van der Waals surface area contributed by atoms with Crippen molar-refractivity contribution in [2.45, 2.75) is 38.4 Å². The van der Waals surface area contributed by atoms with Gasteiger partial charge in [0.2, 0.25) is 11.8 Å². The number of carbonyl (C=O) groups excluding carboxylic acids is 3. The average Bonchev–Trinajstić information content (AvgIpc) is 3.61. The van der Waals surface area contributed by atoms with Gasteiger partial charge in [-0.05, 0) is 73.0 Å². The fourth-order valence-corrected chi connectivity index (χ4v) is 5.74. The first-order valence-corrected chi connectivity index (χ1v) is 13.9. The number of benzene rings is 3. The normalized spacial score (nSPS) is 15.9. The number of hydrogen-bond donors (Lipinski definition) is 4. The second-order valence-electron chi connectivity index (χ2n) is 10.6. The Balaban J connectivity index is 1.19. The molecule has 4 N–H and O–H groups in total. The molecule has 8 nitrogen and oxygen atoms in total. The number of fused-ring (bicyclic) bond motifs is 2. The molecule has 8 heteroatoms. The van der Waals surface area contributed by atoms with Crippen LogP contribution in [-0.2, 0) is 29.1 Å². The van der Waals surface area contributed by atoms with E-state index in [4.69, 9.17) is 0 Å². The van der Waals surface area contributed by atoms with Crippen LogP contribution in [0.5, 0.6) is 0 Å². The monoisotopic (exact) mass is 535 g/mol. The molecule has 4 aromatic rings. The maximum absolute atomic E-state index is 14.0. The summed E-state index contributed by atoms with van der Waals surface area (Å²) in [5, 5.41) is 10.4. The van der Waals surface area contributed by atoms with Gasteiger partial charge in [0.15, 0.2) is 0 Å². The minimum atomic E-state index is -0.673. The molecule has 2 aliphatic rings. The van der Waals surface area contributed by atoms with Gasteiger partial charge in [0, 0.05) is 53.8 Å². The van der Waals surface area contributed by atoms with Crippen molar-refractivity contribution in [2.24, 2.45) is 5.92 Å². The van der Waals surface area contributed by atoms with E-state index in [9.17, 15) is 14.4 Å². The van der Waals surface area contributed by atoms with Crippen molar-refractivity contribution in [1.29, 1.82) is 0 Å². The van der Waals surface area contributed by atoms with Crippen LogP contribution in [0.4, 0.5) is 5.69 Å². The number of nitrogens with one attached hydrogen (secondary N) is 4. The highest BCUT2D eigenvalue weighted by molar-refractivity contribution is 6.04. The molecule has 3 heterocycles. The maximum atomic E-state index is 14.0. The van der Waals surface area contributed by atoms with Crippen LogP contribution in [0.1, 0.15) is 39.9 Å². The molecule has 3 aromatic carbocycles. The summed E-state index contributed by atoms with van der Waals surface area (Å²) >= 11 is 0. The van der Waals surface area contributed by atoms with Crippen molar-refractivity contribution in [1.82, 2.24) is 20.5 Å². The Morgan fingerprint density at radius 2 is 1.65 bits per heavy atom. The zero-order valence-electron chi connectivity index (χ0n) is 22.3. The van der Waals surface area contributed by atoms with E-state index in [1.807, 2.05) is 66.9 Å². The van der Waals surface area contributed by atoms with Gasteiger partial charge in [0.1, 0.15) is 6.04 Å². The third-order valence-corrected chi connectivity index (χ3v) is 7.96. The molecule has 0 spiro atoms. The maximum Gasteiger partial charge on any atom is 0.255 e. The van der Waals surface area contributed by atoms with Crippen molar-refractivity contribution in [2.75, 3.05) is 18.4 Å². The molecule has 1 aromatic heterocycles. The van der Waals surface area contributed by atoms with Crippen molar-refractivity contribution in [3.05, 3.63) is 101 Å². The molecule has 40 heavy (non-hydrogen) atoms. The lowest BCUT2D eigenvalue weighted by molar-refractivity contribution is -0.138. The Morgan fingerprint density at radius 3 is 2.48 bits per heavy atom. The van der Waals surface area contributed by atoms with Crippen LogP contribution < -0.4 is 16.0 Å². The molecule has 1 saturated heterocycles. The molecular weight excluding hydrogens is 502 g/mol. The van der Waals surface area contributed by atoms with E-state index >= 15 is 0 Å². The Bertz CT molecular complexity index is 1540. The largest absolute Gasteiger partial charge is 0.361 e. The molecular formula is C32H33N5O3. The topological polar surface area (TPSA) is 106 Å². The van der Waals surface area contributed by atoms with E-state index in [0.29, 0.717) is 30.8 Å². The summed E-state index contributed by atoms with van der Waals surface area (Å²) in [6.07, 6.45) is 3.88. The predicted molar refractivity (Wildman–Crippen MR) is 155 cm³/mol. The number of aromatic nitrogens is 1.